The molecule has 82 valence electrons. The first-order chi connectivity index (χ1) is 7.50. The van der Waals surface area contributed by atoms with Crippen LogP contribution in [-0.4, -0.2) is 9.91 Å². The number of aromatic nitrogens is 2. The summed E-state index contributed by atoms with van der Waals surface area (Å²) < 4.78 is 0.317. The average Bonchev–Trinajstić information content (AvgIpc) is 2.15. The van der Waals surface area contributed by atoms with Gasteiger partial charge in [0, 0.05) is 6.07 Å². The van der Waals surface area contributed by atoms with E-state index in [0.717, 1.165) is 5.56 Å². The molecule has 0 amide bonds. The molecule has 16 heavy (non-hydrogen) atoms. The molecule has 0 aliphatic carbocycles. The number of nitro groups is 1. The van der Waals surface area contributed by atoms with E-state index >= 15 is 0 Å². The van der Waals surface area contributed by atoms with E-state index in [0.29, 0.717) is 10.2 Å². The van der Waals surface area contributed by atoms with E-state index in [1.807, 2.05) is 6.92 Å². The predicted molar refractivity (Wildman–Crippen MR) is 56.8 cm³/mol. The summed E-state index contributed by atoms with van der Waals surface area (Å²) in [7, 11) is 0. The van der Waals surface area contributed by atoms with Gasteiger partial charge in [0.15, 0.2) is 5.69 Å². The normalized spacial score (nSPS) is 10.6. The Labute approximate surface area is 90.9 Å². The number of rotatable bonds is 1. The molecule has 0 aliphatic heterocycles. The second kappa shape index (κ2) is 3.41. The zero-order valence-electron chi connectivity index (χ0n) is 8.80. The molecule has 1 aromatic carbocycles. The topological polar surface area (TPSA) is 83.0 Å². The van der Waals surface area contributed by atoms with E-state index in [-0.39, 0.29) is 11.2 Å². The van der Waals surface area contributed by atoms with Gasteiger partial charge >= 0.3 is 5.82 Å². The van der Waals surface area contributed by atoms with Crippen LogP contribution in [0.25, 0.3) is 11.0 Å². The van der Waals surface area contributed by atoms with Crippen LogP contribution in [0.4, 0.5) is 5.82 Å². The summed E-state index contributed by atoms with van der Waals surface area (Å²) in [6, 6.07) is 4.98. The highest BCUT2D eigenvalue weighted by Gasteiger charge is 2.26. The van der Waals surface area contributed by atoms with Gasteiger partial charge in [-0.2, -0.15) is 0 Å². The quantitative estimate of drug-likeness (QED) is 0.314. The first-order valence-corrected chi connectivity index (χ1v) is 4.65. The second-order valence-electron chi connectivity index (χ2n) is 3.56. The maximum Gasteiger partial charge on any atom is 0.534 e. The molecule has 2 rings (SSSR count). The third-order valence-electron chi connectivity index (χ3n) is 2.33. The predicted octanol–water partition coefficient (Wildman–Crippen LogP) is 1.39. The average molecular weight is 219 g/mol. The van der Waals surface area contributed by atoms with Crippen LogP contribution in [0.1, 0.15) is 11.3 Å². The van der Waals surface area contributed by atoms with Crippen molar-refractivity contribution in [2.24, 2.45) is 0 Å². The Morgan fingerprint density at radius 1 is 1.38 bits per heavy atom. The summed E-state index contributed by atoms with van der Waals surface area (Å²) in [4.78, 5) is 14.0. The highest BCUT2D eigenvalue weighted by molar-refractivity contribution is 5.72. The summed E-state index contributed by atoms with van der Waals surface area (Å²) in [6.45, 7) is 3.32. The monoisotopic (exact) mass is 219 g/mol. The highest BCUT2D eigenvalue weighted by atomic mass is 16.6. The number of nitrogens with zero attached hydrogens (tertiary/aromatic N) is 3. The molecule has 6 nitrogen and oxygen atoms in total. The zero-order chi connectivity index (χ0) is 11.9. The summed E-state index contributed by atoms with van der Waals surface area (Å²) in [6.07, 6.45) is 0. The van der Waals surface area contributed by atoms with Crippen LogP contribution in [0.15, 0.2) is 18.2 Å². The summed E-state index contributed by atoms with van der Waals surface area (Å²) in [5.41, 5.74) is 1.76. The van der Waals surface area contributed by atoms with Crippen LogP contribution in [0, 0.1) is 29.2 Å². The molecule has 0 atom stereocenters. The minimum Gasteiger partial charge on any atom is -0.613 e. The van der Waals surface area contributed by atoms with Gasteiger partial charge in [-0.25, -0.2) is 4.98 Å². The van der Waals surface area contributed by atoms with Crippen LogP contribution >= 0.6 is 0 Å². The van der Waals surface area contributed by atoms with Gasteiger partial charge in [0.2, 0.25) is 5.52 Å². The van der Waals surface area contributed by atoms with Gasteiger partial charge in [0.05, 0.1) is 0 Å². The molecule has 0 N–H and O–H groups in total. The maximum absolute atomic E-state index is 11.7. The Morgan fingerprint density at radius 3 is 2.69 bits per heavy atom. The molecule has 0 bridgehead atoms. The zero-order valence-corrected chi connectivity index (χ0v) is 8.80. The molecule has 1 heterocycles. The van der Waals surface area contributed by atoms with Crippen molar-refractivity contribution >= 4 is 16.9 Å². The molecule has 0 unspecified atom stereocenters. The Balaban J connectivity index is 2.89. The van der Waals surface area contributed by atoms with Crippen LogP contribution in [0.5, 0.6) is 0 Å². The van der Waals surface area contributed by atoms with Gasteiger partial charge in [0.25, 0.3) is 0 Å². The molecule has 0 saturated heterocycles. The lowest BCUT2D eigenvalue weighted by Gasteiger charge is -2.03. The number of hydrogen-bond donors (Lipinski definition) is 0. The van der Waals surface area contributed by atoms with E-state index in [1.54, 1.807) is 12.1 Å². The van der Waals surface area contributed by atoms with E-state index in [4.69, 9.17) is 0 Å². The van der Waals surface area contributed by atoms with Crippen molar-refractivity contribution in [2.75, 3.05) is 0 Å². The lowest BCUT2D eigenvalue weighted by Crippen LogP contribution is -2.32. The fraction of sp³-hybridized carbons (Fsp3) is 0.200. The molecular weight excluding hydrogens is 210 g/mol. The molecule has 0 aliphatic rings. The van der Waals surface area contributed by atoms with Gasteiger partial charge in [0.1, 0.15) is 10.4 Å². The van der Waals surface area contributed by atoms with Crippen molar-refractivity contribution in [3.05, 3.63) is 44.8 Å². The lowest BCUT2D eigenvalue weighted by molar-refractivity contribution is -0.644. The Bertz CT molecular complexity index is 595. The molecule has 0 saturated carbocycles. The molecule has 1 aromatic heterocycles. The van der Waals surface area contributed by atoms with Gasteiger partial charge in [-0.3, -0.25) is 10.1 Å². The van der Waals surface area contributed by atoms with E-state index in [1.165, 1.54) is 13.0 Å². The third kappa shape index (κ3) is 1.44. The second-order valence-corrected chi connectivity index (χ2v) is 3.56. The lowest BCUT2D eigenvalue weighted by atomic mass is 10.2. The van der Waals surface area contributed by atoms with Gasteiger partial charge in [-0.1, -0.05) is 10.8 Å². The van der Waals surface area contributed by atoms with Gasteiger partial charge in [-0.15, -0.1) is 0 Å². The first kappa shape index (κ1) is 10.3. The molecule has 0 spiro atoms. The van der Waals surface area contributed by atoms with Crippen molar-refractivity contribution in [1.82, 2.24) is 4.98 Å². The van der Waals surface area contributed by atoms with Crippen molar-refractivity contribution in [3.63, 3.8) is 0 Å². The number of fused-ring (bicyclic) bond motifs is 1. The van der Waals surface area contributed by atoms with Gasteiger partial charge in [-0.05, 0) is 25.5 Å². The van der Waals surface area contributed by atoms with Crippen LogP contribution < -0.4 is 4.73 Å². The third-order valence-corrected chi connectivity index (χ3v) is 2.33. The van der Waals surface area contributed by atoms with Gasteiger partial charge < -0.3 is 5.21 Å². The Morgan fingerprint density at radius 2 is 2.06 bits per heavy atom. The fourth-order valence-corrected chi connectivity index (χ4v) is 1.59. The van der Waals surface area contributed by atoms with E-state index in [2.05, 4.69) is 4.98 Å². The summed E-state index contributed by atoms with van der Waals surface area (Å²) in [5.74, 6) is -0.517. The molecule has 0 radical (unpaired) electrons. The smallest absolute Gasteiger partial charge is 0.534 e. The van der Waals surface area contributed by atoms with E-state index in [9.17, 15) is 15.3 Å². The minimum absolute atomic E-state index is 0.123. The van der Waals surface area contributed by atoms with Crippen LogP contribution in [0.3, 0.4) is 0 Å². The number of aryl methyl sites for hydroxylation is 2. The highest BCUT2D eigenvalue weighted by Crippen LogP contribution is 2.16. The Kier molecular flexibility index (Phi) is 2.19. The van der Waals surface area contributed by atoms with Crippen LogP contribution in [-0.2, 0) is 0 Å². The standard InChI is InChI=1S/C10H9N3O3/c1-6-3-4-9-8(5-6)11-7(2)10(12(9)14)13(15)16/h3-5H,1-2H3. The summed E-state index contributed by atoms with van der Waals surface area (Å²) >= 11 is 0. The molecule has 6 heteroatoms. The molecular formula is C10H9N3O3. The van der Waals surface area contributed by atoms with Crippen LogP contribution in [0.2, 0.25) is 0 Å². The first-order valence-electron chi connectivity index (χ1n) is 4.65. The minimum atomic E-state index is -0.714. The largest absolute Gasteiger partial charge is 0.613 e. The molecule has 0 fully saturated rings. The fourth-order valence-electron chi connectivity index (χ4n) is 1.59. The van der Waals surface area contributed by atoms with E-state index < -0.39 is 10.7 Å². The SMILES string of the molecule is Cc1ccc2c(c1)nc(C)c([N+](=O)[O-])[n+]2[O-]. The summed E-state index contributed by atoms with van der Waals surface area (Å²) in [5, 5.41) is 22.4. The van der Waals surface area contributed by atoms with Crippen molar-refractivity contribution in [1.29, 1.82) is 0 Å². The number of hydrogen-bond acceptors (Lipinski definition) is 4. The Hall–Kier alpha value is -2.24. The maximum atomic E-state index is 11.7. The van der Waals surface area contributed by atoms with Crippen molar-refractivity contribution in [3.8, 4) is 0 Å². The van der Waals surface area contributed by atoms with Crippen molar-refractivity contribution in [2.45, 2.75) is 13.8 Å². The number of benzene rings is 1. The van der Waals surface area contributed by atoms with Crippen molar-refractivity contribution < 1.29 is 9.65 Å². The molecule has 2 aromatic rings.